The van der Waals surface area contributed by atoms with Crippen molar-refractivity contribution in [3.8, 4) is 0 Å². The van der Waals surface area contributed by atoms with Crippen LogP contribution in [0.25, 0.3) is 0 Å². The molecule has 2 aliphatic rings. The molecule has 4 rings (SSSR count). The maximum Gasteiger partial charge on any atom is 0.191 e. The van der Waals surface area contributed by atoms with E-state index in [1.54, 1.807) is 0 Å². The summed E-state index contributed by atoms with van der Waals surface area (Å²) in [6, 6.07) is 16.4. The molecule has 4 heteroatoms. The second kappa shape index (κ2) is 4.85. The standard InChI is InChI=1S/C18H20N4/c19-17-14-9-3-4-11-16(14)21-18(20,22-17)15-10-5-7-12-6-1-2-8-13(12)15/h1-4,6,8-9,11,15,21H,5,7,10,20H2,(H2,19,22)/t15?,18-/m1/s1. The van der Waals surface area contributed by atoms with Crippen molar-refractivity contribution >= 4 is 11.5 Å². The molecule has 1 heterocycles. The van der Waals surface area contributed by atoms with Gasteiger partial charge in [-0.25, -0.2) is 4.99 Å². The number of nitrogens with one attached hydrogen (secondary N) is 1. The first-order valence-corrected chi connectivity index (χ1v) is 7.77. The minimum absolute atomic E-state index is 0.129. The molecule has 0 fully saturated rings. The van der Waals surface area contributed by atoms with E-state index in [4.69, 9.17) is 11.5 Å². The van der Waals surface area contributed by atoms with Crippen molar-refractivity contribution < 1.29 is 0 Å². The zero-order valence-electron chi connectivity index (χ0n) is 12.4. The van der Waals surface area contributed by atoms with Crippen LogP contribution < -0.4 is 16.8 Å². The molecule has 0 aromatic heterocycles. The molecule has 2 aromatic rings. The number of para-hydroxylation sites is 1. The van der Waals surface area contributed by atoms with E-state index in [9.17, 15) is 0 Å². The van der Waals surface area contributed by atoms with Gasteiger partial charge >= 0.3 is 0 Å². The fourth-order valence-electron chi connectivity index (χ4n) is 3.69. The van der Waals surface area contributed by atoms with E-state index in [0.717, 1.165) is 30.5 Å². The molecule has 1 aliphatic heterocycles. The third-order valence-electron chi connectivity index (χ3n) is 4.74. The summed E-state index contributed by atoms with van der Waals surface area (Å²) in [6.45, 7) is 0. The molecule has 0 radical (unpaired) electrons. The predicted octanol–water partition coefficient (Wildman–Crippen LogP) is 2.55. The lowest BCUT2D eigenvalue weighted by Crippen LogP contribution is -2.55. The summed E-state index contributed by atoms with van der Waals surface area (Å²) in [4.78, 5) is 4.64. The summed E-state index contributed by atoms with van der Waals surface area (Å²) >= 11 is 0. The Morgan fingerprint density at radius 3 is 2.77 bits per heavy atom. The number of nitrogens with zero attached hydrogens (tertiary/aromatic N) is 1. The van der Waals surface area contributed by atoms with Gasteiger partial charge in [-0.2, -0.15) is 0 Å². The number of anilines is 1. The second-order valence-corrected chi connectivity index (χ2v) is 6.14. The maximum absolute atomic E-state index is 6.68. The van der Waals surface area contributed by atoms with E-state index in [0.29, 0.717) is 5.84 Å². The lowest BCUT2D eigenvalue weighted by atomic mass is 9.78. The van der Waals surface area contributed by atoms with Gasteiger partial charge in [0.2, 0.25) is 0 Å². The van der Waals surface area contributed by atoms with Crippen molar-refractivity contribution in [2.24, 2.45) is 16.5 Å². The van der Waals surface area contributed by atoms with Crippen molar-refractivity contribution in [3.05, 3.63) is 65.2 Å². The van der Waals surface area contributed by atoms with E-state index in [2.05, 4.69) is 34.6 Å². The minimum atomic E-state index is -0.880. The molecule has 112 valence electrons. The fourth-order valence-corrected chi connectivity index (χ4v) is 3.69. The van der Waals surface area contributed by atoms with Crippen LogP contribution in [0.15, 0.2) is 53.5 Å². The highest BCUT2D eigenvalue weighted by Crippen LogP contribution is 2.41. The van der Waals surface area contributed by atoms with Gasteiger partial charge in [-0.1, -0.05) is 36.4 Å². The van der Waals surface area contributed by atoms with Gasteiger partial charge in [0, 0.05) is 17.2 Å². The van der Waals surface area contributed by atoms with Gasteiger partial charge in [0.1, 0.15) is 5.84 Å². The van der Waals surface area contributed by atoms with E-state index in [1.807, 2.05) is 24.3 Å². The molecule has 0 amide bonds. The van der Waals surface area contributed by atoms with Crippen molar-refractivity contribution in [1.29, 1.82) is 0 Å². The van der Waals surface area contributed by atoms with Gasteiger partial charge in [0.25, 0.3) is 0 Å². The molecular formula is C18H20N4. The SMILES string of the molecule is NC1=N[C@@](N)(C2CCCc3ccccc32)Nc2ccccc21. The molecule has 22 heavy (non-hydrogen) atoms. The Hall–Kier alpha value is -2.33. The number of hydrogen-bond acceptors (Lipinski definition) is 4. The first kappa shape index (κ1) is 13.3. The predicted molar refractivity (Wildman–Crippen MR) is 89.8 cm³/mol. The number of aliphatic imine (C=N–C) groups is 1. The van der Waals surface area contributed by atoms with Gasteiger partial charge in [0.15, 0.2) is 5.79 Å². The van der Waals surface area contributed by atoms with E-state index >= 15 is 0 Å². The normalized spacial score (nSPS) is 26.4. The van der Waals surface area contributed by atoms with Gasteiger partial charge in [0.05, 0.1) is 0 Å². The highest BCUT2D eigenvalue weighted by Gasteiger charge is 2.41. The first-order valence-electron chi connectivity index (χ1n) is 7.77. The zero-order valence-corrected chi connectivity index (χ0v) is 12.4. The highest BCUT2D eigenvalue weighted by atomic mass is 15.3. The van der Waals surface area contributed by atoms with Crippen LogP contribution in [0, 0.1) is 0 Å². The average molecular weight is 292 g/mol. The van der Waals surface area contributed by atoms with Crippen LogP contribution in [0.4, 0.5) is 5.69 Å². The third kappa shape index (κ3) is 1.99. The van der Waals surface area contributed by atoms with Crippen LogP contribution in [0.5, 0.6) is 0 Å². The molecule has 5 N–H and O–H groups in total. The smallest absolute Gasteiger partial charge is 0.191 e. The van der Waals surface area contributed by atoms with Crippen LogP contribution in [-0.2, 0) is 6.42 Å². The number of benzene rings is 2. The molecule has 2 aromatic carbocycles. The molecule has 4 nitrogen and oxygen atoms in total. The monoisotopic (exact) mass is 292 g/mol. The first-order chi connectivity index (χ1) is 10.7. The Labute approximate surface area is 130 Å². The molecule has 1 aliphatic carbocycles. The minimum Gasteiger partial charge on any atom is -0.383 e. The Morgan fingerprint density at radius 1 is 1.09 bits per heavy atom. The number of fused-ring (bicyclic) bond motifs is 2. The number of amidine groups is 1. The van der Waals surface area contributed by atoms with Crippen molar-refractivity contribution in [2.75, 3.05) is 5.32 Å². The van der Waals surface area contributed by atoms with Crippen LogP contribution in [-0.4, -0.2) is 11.6 Å². The molecular weight excluding hydrogens is 272 g/mol. The molecule has 0 bridgehead atoms. The Kier molecular flexibility index (Phi) is 2.94. The number of rotatable bonds is 1. The van der Waals surface area contributed by atoms with Gasteiger partial charge in [-0.3, -0.25) is 5.73 Å². The molecule has 0 spiro atoms. The number of hydrogen-bond donors (Lipinski definition) is 3. The third-order valence-corrected chi connectivity index (χ3v) is 4.74. The Morgan fingerprint density at radius 2 is 1.86 bits per heavy atom. The summed E-state index contributed by atoms with van der Waals surface area (Å²) in [6.07, 6.45) is 3.25. The van der Waals surface area contributed by atoms with Crippen LogP contribution >= 0.6 is 0 Å². The van der Waals surface area contributed by atoms with E-state index in [1.165, 1.54) is 11.1 Å². The fraction of sp³-hybridized carbons (Fsp3) is 0.278. The Bertz CT molecular complexity index is 752. The summed E-state index contributed by atoms with van der Waals surface area (Å²) in [7, 11) is 0. The molecule has 2 atom stereocenters. The van der Waals surface area contributed by atoms with Gasteiger partial charge in [-0.15, -0.1) is 0 Å². The average Bonchev–Trinajstić information content (AvgIpc) is 2.54. The molecule has 0 saturated heterocycles. The van der Waals surface area contributed by atoms with Crippen molar-refractivity contribution in [3.63, 3.8) is 0 Å². The second-order valence-electron chi connectivity index (χ2n) is 6.14. The number of aryl methyl sites for hydroxylation is 1. The Balaban J connectivity index is 1.80. The summed E-state index contributed by atoms with van der Waals surface area (Å²) in [5.74, 6) is -0.237. The van der Waals surface area contributed by atoms with E-state index in [-0.39, 0.29) is 5.92 Å². The van der Waals surface area contributed by atoms with Crippen molar-refractivity contribution in [1.82, 2.24) is 0 Å². The van der Waals surface area contributed by atoms with Gasteiger partial charge < -0.3 is 11.1 Å². The molecule has 0 saturated carbocycles. The van der Waals surface area contributed by atoms with Crippen LogP contribution in [0.3, 0.4) is 0 Å². The largest absolute Gasteiger partial charge is 0.383 e. The summed E-state index contributed by atoms with van der Waals surface area (Å²) in [5.41, 5.74) is 17.4. The molecule has 1 unspecified atom stereocenters. The topological polar surface area (TPSA) is 76.4 Å². The number of nitrogens with two attached hydrogens (primary N) is 2. The summed E-state index contributed by atoms with van der Waals surface area (Å²) < 4.78 is 0. The van der Waals surface area contributed by atoms with Crippen LogP contribution in [0.1, 0.15) is 35.4 Å². The lowest BCUT2D eigenvalue weighted by Gasteiger charge is -2.41. The maximum atomic E-state index is 6.68. The quantitative estimate of drug-likeness (QED) is 0.756. The summed E-state index contributed by atoms with van der Waals surface area (Å²) in [5, 5.41) is 3.42. The zero-order chi connectivity index (χ0) is 15.2. The lowest BCUT2D eigenvalue weighted by molar-refractivity contribution is 0.362. The van der Waals surface area contributed by atoms with Gasteiger partial charge in [-0.05, 0) is 42.5 Å². The highest BCUT2D eigenvalue weighted by molar-refractivity contribution is 6.04. The van der Waals surface area contributed by atoms with E-state index < -0.39 is 5.79 Å². The van der Waals surface area contributed by atoms with Crippen LogP contribution in [0.2, 0.25) is 0 Å². The van der Waals surface area contributed by atoms with Crippen molar-refractivity contribution in [2.45, 2.75) is 31.0 Å².